The van der Waals surface area contributed by atoms with Gasteiger partial charge in [-0.25, -0.2) is 15.0 Å². The minimum atomic E-state index is -0.691. The van der Waals surface area contributed by atoms with Crippen molar-refractivity contribution in [1.82, 2.24) is 24.1 Å². The van der Waals surface area contributed by atoms with Crippen LogP contribution in [0.3, 0.4) is 0 Å². The zero-order valence-electron chi connectivity index (χ0n) is 41.2. The third-order valence-corrected chi connectivity index (χ3v) is 7.91. The quantitative estimate of drug-likeness (QED) is 0.199. The summed E-state index contributed by atoms with van der Waals surface area (Å²) < 4.78 is 166. The van der Waals surface area contributed by atoms with Crippen LogP contribution in [0.4, 0.5) is 0 Å². The van der Waals surface area contributed by atoms with Gasteiger partial charge in [-0.1, -0.05) is 84.7 Å². The van der Waals surface area contributed by atoms with Crippen LogP contribution >= 0.6 is 0 Å². The molecule has 0 radical (unpaired) electrons. The van der Waals surface area contributed by atoms with Crippen LogP contribution in [-0.4, -0.2) is 24.1 Å². The van der Waals surface area contributed by atoms with E-state index >= 15 is 0 Å². The maximum absolute atomic E-state index is 9.41. The minimum Gasteiger partial charge on any atom is -0.456 e. The van der Waals surface area contributed by atoms with Gasteiger partial charge in [-0.2, -0.15) is 0 Å². The molecule has 0 amide bonds. The molecule has 6 nitrogen and oxygen atoms in total. The molecule has 0 aliphatic rings. The number of nitrogens with zero attached hydrogens (tertiary/aromatic N) is 5. The Labute approximate surface area is 288 Å². The Bertz CT molecular complexity index is 3740. The summed E-state index contributed by atoms with van der Waals surface area (Å²) in [5.74, 6) is -0.489. The normalized spacial score (nSPS) is 17.5. The van der Waals surface area contributed by atoms with Crippen LogP contribution in [0.15, 0.2) is 144 Å². The number of para-hydroxylation sites is 5. The first-order chi connectivity index (χ1) is 30.3. The van der Waals surface area contributed by atoms with Gasteiger partial charge in [0.05, 0.1) is 53.3 Å². The number of benzene rings is 6. The fraction of sp³-hybridized carbons (Fsp3) is 0.0250. The summed E-state index contributed by atoms with van der Waals surface area (Å²) in [5, 5.41) is -0.0251. The first kappa shape index (κ1) is 13.4. The van der Waals surface area contributed by atoms with Gasteiger partial charge in [-0.05, 0) is 48.4 Å². The zero-order valence-corrected chi connectivity index (χ0v) is 23.2. The predicted molar refractivity (Wildman–Crippen MR) is 185 cm³/mol. The summed E-state index contributed by atoms with van der Waals surface area (Å²) in [5.41, 5.74) is -1.17. The Morgan fingerprint density at radius 1 is 0.609 bits per heavy atom. The highest BCUT2D eigenvalue weighted by Gasteiger charge is 2.21. The van der Waals surface area contributed by atoms with Crippen molar-refractivity contribution in [3.8, 4) is 17.1 Å². The molecule has 4 aromatic heterocycles. The number of hydrogen-bond acceptors (Lipinski definition) is 4. The second-order valence-electron chi connectivity index (χ2n) is 10.3. The van der Waals surface area contributed by atoms with Gasteiger partial charge < -0.3 is 13.6 Å². The zero-order chi connectivity index (χ0) is 45.9. The standard InChI is InChI=1S/C40H25N5O/c1-6-16-31-25(11-1)26-12-2-7-17-32(26)44(31)23-37-41-24-42-40(43-37)29-14-4-9-19-34(29)45-33-18-8-3-13-27(33)28-21-22-36-38(39(28)45)30-15-5-10-20-35(30)46-36/h1-22,24H,23H2/i1D,2D,4D,5D,6D,7D,9D,10D,11D,12D,14D,15D,16D,17D,19D,20D,21D,22D. The third-order valence-electron chi connectivity index (χ3n) is 7.91. The average molecular weight is 610 g/mol. The second-order valence-corrected chi connectivity index (χ2v) is 10.3. The Hall–Kier alpha value is -6.27. The highest BCUT2D eigenvalue weighted by molar-refractivity contribution is 6.24. The molecule has 0 aliphatic carbocycles. The molecular weight excluding hydrogens is 566 g/mol. The van der Waals surface area contributed by atoms with Gasteiger partial charge in [-0.3, -0.25) is 0 Å². The van der Waals surface area contributed by atoms with Gasteiger partial charge in [0.25, 0.3) is 0 Å². The van der Waals surface area contributed by atoms with Crippen molar-refractivity contribution >= 4 is 65.6 Å². The van der Waals surface area contributed by atoms with E-state index in [0.29, 0.717) is 5.39 Å². The first-order valence-electron chi connectivity index (χ1n) is 22.9. The number of furan rings is 1. The van der Waals surface area contributed by atoms with E-state index in [-0.39, 0.29) is 89.1 Å². The third kappa shape index (κ3) is 3.55. The Morgan fingerprint density at radius 2 is 1.33 bits per heavy atom. The monoisotopic (exact) mass is 609 g/mol. The average Bonchev–Trinajstić information content (AvgIpc) is 3.96. The lowest BCUT2D eigenvalue weighted by molar-refractivity contribution is 0.669. The number of rotatable bonds is 4. The summed E-state index contributed by atoms with van der Waals surface area (Å²) in [6, 6.07) is -3.81. The molecule has 46 heavy (non-hydrogen) atoms. The highest BCUT2D eigenvalue weighted by atomic mass is 16.3. The molecule has 6 heteroatoms. The molecule has 0 bridgehead atoms. The number of hydrogen-bond donors (Lipinski definition) is 0. The van der Waals surface area contributed by atoms with E-state index < -0.39 is 109 Å². The largest absolute Gasteiger partial charge is 0.456 e. The smallest absolute Gasteiger partial charge is 0.165 e. The van der Waals surface area contributed by atoms with Crippen LogP contribution in [0.25, 0.3) is 82.6 Å². The summed E-state index contributed by atoms with van der Waals surface area (Å²) in [6.07, 6.45) is 1.04. The van der Waals surface area contributed by atoms with E-state index in [0.717, 1.165) is 6.33 Å². The molecule has 10 aromatic rings. The molecule has 0 saturated heterocycles. The van der Waals surface area contributed by atoms with Gasteiger partial charge in [0, 0.05) is 43.5 Å². The highest BCUT2D eigenvalue weighted by Crippen LogP contribution is 2.42. The van der Waals surface area contributed by atoms with Crippen molar-refractivity contribution in [2.45, 2.75) is 6.54 Å². The molecule has 0 saturated carbocycles. The summed E-state index contributed by atoms with van der Waals surface area (Å²) in [6.45, 7) is -0.485. The van der Waals surface area contributed by atoms with Crippen LogP contribution in [0, 0.1) is 0 Å². The summed E-state index contributed by atoms with van der Waals surface area (Å²) >= 11 is 0. The molecule has 216 valence electrons. The lowest BCUT2D eigenvalue weighted by Crippen LogP contribution is -2.07. The number of fused-ring (bicyclic) bond motifs is 10. The van der Waals surface area contributed by atoms with Gasteiger partial charge in [-0.15, -0.1) is 0 Å². The molecule has 0 aliphatic heterocycles. The summed E-state index contributed by atoms with van der Waals surface area (Å²) in [4.78, 5) is 13.3. The van der Waals surface area contributed by atoms with Gasteiger partial charge >= 0.3 is 0 Å². The SMILES string of the molecule is [2H]c1c([2H])c([2H])c(-n2c3ccccc3c3c([2H])c([2H])c4oc5c([2H])c([2H])c([2H])c([2H])c5c4c32)c(-c2ncnc(Cn3c4c([2H])c([2H])c([2H])c([2H])c4c4c([2H])c([2H])c([2H])c([2H])c43)n2)c1[2H]. The molecule has 0 N–H and O–H groups in total. The second kappa shape index (κ2) is 9.61. The Kier molecular flexibility index (Phi) is 2.80. The van der Waals surface area contributed by atoms with E-state index in [2.05, 4.69) is 15.0 Å². The fourth-order valence-electron chi connectivity index (χ4n) is 6.04. The van der Waals surface area contributed by atoms with E-state index in [1.165, 1.54) is 9.13 Å². The predicted octanol–water partition coefficient (Wildman–Crippen LogP) is 9.69. The van der Waals surface area contributed by atoms with Gasteiger partial charge in [0.2, 0.25) is 0 Å². The van der Waals surface area contributed by atoms with Crippen molar-refractivity contribution in [3.05, 3.63) is 145 Å². The molecule has 0 spiro atoms. The fourth-order valence-corrected chi connectivity index (χ4v) is 6.04. The molecule has 0 fully saturated rings. The molecule has 6 aromatic carbocycles. The van der Waals surface area contributed by atoms with E-state index in [9.17, 15) is 4.11 Å². The maximum Gasteiger partial charge on any atom is 0.165 e. The number of aromatic nitrogens is 5. The van der Waals surface area contributed by atoms with Crippen molar-refractivity contribution in [2.24, 2.45) is 0 Å². The minimum absolute atomic E-state index is 0.0232. The molecular formula is C40H25N5O. The lowest BCUT2D eigenvalue weighted by atomic mass is 10.1. The van der Waals surface area contributed by atoms with Crippen LogP contribution in [-0.2, 0) is 6.54 Å². The molecule has 0 unspecified atom stereocenters. The van der Waals surface area contributed by atoms with Crippen molar-refractivity contribution in [3.63, 3.8) is 0 Å². The summed E-state index contributed by atoms with van der Waals surface area (Å²) in [7, 11) is 0. The Morgan fingerprint density at radius 3 is 2.17 bits per heavy atom. The van der Waals surface area contributed by atoms with Crippen LogP contribution in [0.2, 0.25) is 0 Å². The van der Waals surface area contributed by atoms with Crippen LogP contribution in [0.1, 0.15) is 30.5 Å². The van der Waals surface area contributed by atoms with E-state index in [1.54, 1.807) is 24.3 Å². The van der Waals surface area contributed by atoms with Gasteiger partial charge in [0.1, 0.15) is 17.5 Å². The van der Waals surface area contributed by atoms with Gasteiger partial charge in [0.15, 0.2) is 11.6 Å². The maximum atomic E-state index is 9.41. The van der Waals surface area contributed by atoms with Crippen molar-refractivity contribution in [2.75, 3.05) is 0 Å². The van der Waals surface area contributed by atoms with Crippen molar-refractivity contribution < 1.29 is 29.1 Å². The molecule has 4 heterocycles. The van der Waals surface area contributed by atoms with E-state index in [1.807, 2.05) is 0 Å². The first-order valence-corrected chi connectivity index (χ1v) is 13.9. The molecule has 10 rings (SSSR count). The van der Waals surface area contributed by atoms with Crippen molar-refractivity contribution in [1.29, 1.82) is 0 Å². The molecule has 0 atom stereocenters. The topological polar surface area (TPSA) is 61.7 Å². The van der Waals surface area contributed by atoms with Crippen LogP contribution < -0.4 is 0 Å². The van der Waals surface area contributed by atoms with E-state index in [4.69, 9.17) is 25.0 Å². The Balaban J connectivity index is 1.32. The lowest BCUT2D eigenvalue weighted by Gasteiger charge is -2.14. The van der Waals surface area contributed by atoms with Crippen LogP contribution in [0.5, 0.6) is 0 Å².